The smallest absolute Gasteiger partial charge is 0.416 e. The fraction of sp³-hybridized carbons (Fsp3) is 0.286. The Kier molecular flexibility index (Phi) is 4.13. The number of alkyl halides is 3. The highest BCUT2D eigenvalue weighted by Crippen LogP contribution is 2.38. The van der Waals surface area contributed by atoms with Crippen molar-refractivity contribution in [2.24, 2.45) is 0 Å². The first kappa shape index (κ1) is 15.2. The molecule has 0 saturated carbocycles. The molecule has 7 heteroatoms. The van der Waals surface area contributed by atoms with Gasteiger partial charge >= 0.3 is 6.18 Å². The summed E-state index contributed by atoms with van der Waals surface area (Å²) in [5.41, 5.74) is 0.689. The second-order valence-corrected chi connectivity index (χ2v) is 4.63. The van der Waals surface area contributed by atoms with Gasteiger partial charge in [-0.05, 0) is 43.8 Å². The number of nitrogens with one attached hydrogen (secondary N) is 1. The van der Waals surface area contributed by atoms with Crippen LogP contribution in [0.1, 0.15) is 16.8 Å². The molecule has 0 bridgehead atoms. The number of hydrogen-bond acceptors (Lipinski definition) is 4. The molecule has 2 N–H and O–H groups in total. The molecule has 0 aliphatic heterocycles. The molecule has 0 atom stereocenters. The van der Waals surface area contributed by atoms with Gasteiger partial charge in [0.2, 0.25) is 0 Å². The van der Waals surface area contributed by atoms with E-state index in [1.807, 2.05) is 0 Å². The molecule has 0 aliphatic carbocycles. The van der Waals surface area contributed by atoms with Crippen LogP contribution in [0.4, 0.5) is 13.2 Å². The van der Waals surface area contributed by atoms with Crippen LogP contribution in [0.5, 0.6) is 5.75 Å². The highest BCUT2D eigenvalue weighted by atomic mass is 19.4. The van der Waals surface area contributed by atoms with Crippen LogP contribution in [0.3, 0.4) is 0 Å². The van der Waals surface area contributed by atoms with Crippen molar-refractivity contribution >= 4 is 0 Å². The molecule has 1 aromatic carbocycles. The molecule has 0 radical (unpaired) electrons. The predicted molar refractivity (Wildman–Crippen MR) is 71.6 cm³/mol. The standard InChI is InChI=1S/C14H14F3N3O/c1-8-5-9(14(15,16)17)6-12(21)13(8)11-4-3-10(7-18-2)19-20-11/h3-6,18,21H,7H2,1-2H3. The lowest BCUT2D eigenvalue weighted by molar-refractivity contribution is -0.137. The van der Waals surface area contributed by atoms with Crippen LogP contribution in [0.2, 0.25) is 0 Å². The van der Waals surface area contributed by atoms with Crippen molar-refractivity contribution in [3.05, 3.63) is 41.1 Å². The van der Waals surface area contributed by atoms with Crippen molar-refractivity contribution in [3.63, 3.8) is 0 Å². The Morgan fingerprint density at radius 1 is 1.19 bits per heavy atom. The molecule has 4 nitrogen and oxygen atoms in total. The number of aromatic nitrogens is 2. The molecule has 21 heavy (non-hydrogen) atoms. The van der Waals surface area contributed by atoms with Gasteiger partial charge in [-0.1, -0.05) is 0 Å². The zero-order chi connectivity index (χ0) is 15.6. The molecule has 0 saturated heterocycles. The van der Waals surface area contributed by atoms with Gasteiger partial charge < -0.3 is 10.4 Å². The minimum absolute atomic E-state index is 0.256. The van der Waals surface area contributed by atoms with E-state index in [4.69, 9.17) is 0 Å². The minimum atomic E-state index is -4.50. The average molecular weight is 297 g/mol. The summed E-state index contributed by atoms with van der Waals surface area (Å²) in [5.74, 6) is -0.460. The lowest BCUT2D eigenvalue weighted by Gasteiger charge is -2.13. The van der Waals surface area contributed by atoms with Crippen molar-refractivity contribution in [2.45, 2.75) is 19.6 Å². The van der Waals surface area contributed by atoms with E-state index in [1.54, 1.807) is 19.2 Å². The Morgan fingerprint density at radius 3 is 2.38 bits per heavy atom. The third-order valence-corrected chi connectivity index (χ3v) is 2.98. The molecule has 0 aliphatic rings. The second kappa shape index (κ2) is 5.69. The summed E-state index contributed by atoms with van der Waals surface area (Å²) < 4.78 is 38.0. The molecular weight excluding hydrogens is 283 g/mol. The predicted octanol–water partition coefficient (Wildman–Crippen LogP) is 2.90. The summed E-state index contributed by atoms with van der Waals surface area (Å²) in [7, 11) is 1.77. The fourth-order valence-electron chi connectivity index (χ4n) is 2.03. The third-order valence-electron chi connectivity index (χ3n) is 2.98. The van der Waals surface area contributed by atoms with E-state index in [0.29, 0.717) is 24.0 Å². The summed E-state index contributed by atoms with van der Waals surface area (Å²) >= 11 is 0. The maximum absolute atomic E-state index is 12.7. The fourth-order valence-corrected chi connectivity index (χ4v) is 2.03. The molecule has 0 spiro atoms. The number of aryl methyl sites for hydroxylation is 1. The summed E-state index contributed by atoms with van der Waals surface area (Å²) in [6, 6.07) is 5.01. The Balaban J connectivity index is 2.44. The molecule has 2 rings (SSSR count). The summed E-state index contributed by atoms with van der Waals surface area (Å²) in [6.45, 7) is 2.03. The molecule has 0 fully saturated rings. The third kappa shape index (κ3) is 3.30. The van der Waals surface area contributed by atoms with E-state index in [1.165, 1.54) is 6.92 Å². The molecule has 0 amide bonds. The zero-order valence-corrected chi connectivity index (χ0v) is 11.5. The van der Waals surface area contributed by atoms with Gasteiger partial charge in [-0.2, -0.15) is 23.4 Å². The topological polar surface area (TPSA) is 58.0 Å². The van der Waals surface area contributed by atoms with Gasteiger partial charge in [-0.3, -0.25) is 0 Å². The molecule has 1 heterocycles. The van der Waals surface area contributed by atoms with Gasteiger partial charge in [0.25, 0.3) is 0 Å². The number of halogens is 3. The van der Waals surface area contributed by atoms with Crippen molar-refractivity contribution < 1.29 is 18.3 Å². The second-order valence-electron chi connectivity index (χ2n) is 4.63. The number of phenolic OH excluding ortho intramolecular Hbond substituents is 1. The first-order valence-electron chi connectivity index (χ1n) is 6.21. The lowest BCUT2D eigenvalue weighted by Crippen LogP contribution is -2.08. The molecule has 112 valence electrons. The van der Waals surface area contributed by atoms with Crippen molar-refractivity contribution in [1.29, 1.82) is 0 Å². The number of aromatic hydroxyl groups is 1. The van der Waals surface area contributed by atoms with Crippen LogP contribution in [0.15, 0.2) is 24.3 Å². The van der Waals surface area contributed by atoms with Gasteiger partial charge in [0.1, 0.15) is 5.75 Å². The number of hydrogen-bond donors (Lipinski definition) is 2. The average Bonchev–Trinajstić information content (AvgIpc) is 2.39. The Labute approximate surface area is 119 Å². The lowest BCUT2D eigenvalue weighted by atomic mass is 10.0. The van der Waals surface area contributed by atoms with Gasteiger partial charge in [0.15, 0.2) is 0 Å². The number of phenols is 1. The van der Waals surface area contributed by atoms with E-state index in [2.05, 4.69) is 15.5 Å². The van der Waals surface area contributed by atoms with Crippen molar-refractivity contribution in [1.82, 2.24) is 15.5 Å². The van der Waals surface area contributed by atoms with Crippen LogP contribution in [-0.2, 0) is 12.7 Å². The zero-order valence-electron chi connectivity index (χ0n) is 11.5. The molecular formula is C14H14F3N3O. The van der Waals surface area contributed by atoms with Gasteiger partial charge in [0, 0.05) is 12.1 Å². The number of nitrogens with zero attached hydrogens (tertiary/aromatic N) is 2. The first-order chi connectivity index (χ1) is 9.82. The number of benzene rings is 1. The minimum Gasteiger partial charge on any atom is -0.507 e. The SMILES string of the molecule is CNCc1ccc(-c2c(C)cc(C(F)(F)F)cc2O)nn1. The normalized spacial score (nSPS) is 11.7. The maximum atomic E-state index is 12.7. The highest BCUT2D eigenvalue weighted by Gasteiger charge is 2.32. The Bertz CT molecular complexity index is 616. The van der Waals surface area contributed by atoms with Crippen LogP contribution in [-0.4, -0.2) is 22.4 Å². The molecule has 0 unspecified atom stereocenters. The Morgan fingerprint density at radius 2 is 1.90 bits per heavy atom. The summed E-state index contributed by atoms with van der Waals surface area (Å²) in [4.78, 5) is 0. The van der Waals surface area contributed by atoms with Crippen molar-refractivity contribution in [3.8, 4) is 17.0 Å². The molecule has 1 aromatic heterocycles. The number of rotatable bonds is 3. The van der Waals surface area contributed by atoms with E-state index in [9.17, 15) is 18.3 Å². The van der Waals surface area contributed by atoms with Gasteiger partial charge in [0.05, 0.1) is 17.0 Å². The summed E-state index contributed by atoms with van der Waals surface area (Å²) in [6.07, 6.45) is -4.50. The van der Waals surface area contributed by atoms with Crippen LogP contribution >= 0.6 is 0 Å². The van der Waals surface area contributed by atoms with E-state index >= 15 is 0 Å². The van der Waals surface area contributed by atoms with Crippen LogP contribution in [0, 0.1) is 6.92 Å². The van der Waals surface area contributed by atoms with Crippen molar-refractivity contribution in [2.75, 3.05) is 7.05 Å². The van der Waals surface area contributed by atoms with Crippen LogP contribution in [0.25, 0.3) is 11.3 Å². The van der Waals surface area contributed by atoms with Gasteiger partial charge in [-0.15, -0.1) is 0 Å². The largest absolute Gasteiger partial charge is 0.507 e. The van der Waals surface area contributed by atoms with E-state index in [-0.39, 0.29) is 11.1 Å². The van der Waals surface area contributed by atoms with E-state index < -0.39 is 17.5 Å². The quantitative estimate of drug-likeness (QED) is 0.914. The van der Waals surface area contributed by atoms with E-state index in [0.717, 1.165) is 6.07 Å². The van der Waals surface area contributed by atoms with Crippen LogP contribution < -0.4 is 5.32 Å². The Hall–Kier alpha value is -2.15. The molecule has 2 aromatic rings. The maximum Gasteiger partial charge on any atom is 0.416 e. The monoisotopic (exact) mass is 297 g/mol. The highest BCUT2D eigenvalue weighted by molar-refractivity contribution is 5.71. The first-order valence-corrected chi connectivity index (χ1v) is 6.21. The summed E-state index contributed by atoms with van der Waals surface area (Å²) in [5, 5.41) is 20.7. The van der Waals surface area contributed by atoms with Gasteiger partial charge in [-0.25, -0.2) is 0 Å².